The number of hydrogen-bond donors (Lipinski definition) is 0. The number of halogens is 6. The van der Waals surface area contributed by atoms with Crippen LogP contribution in [0.25, 0.3) is 0 Å². The molecule has 0 saturated heterocycles. The van der Waals surface area contributed by atoms with Crippen LogP contribution in [0.15, 0.2) is 0 Å². The zero-order valence-corrected chi connectivity index (χ0v) is 26.6. The van der Waals surface area contributed by atoms with Gasteiger partial charge in [0.05, 0.1) is 6.10 Å². The van der Waals surface area contributed by atoms with Crippen molar-refractivity contribution in [2.75, 3.05) is 6.61 Å². The van der Waals surface area contributed by atoms with Gasteiger partial charge in [0.15, 0.2) is 5.79 Å². The number of ether oxygens (including phenoxy) is 2. The van der Waals surface area contributed by atoms with Gasteiger partial charge in [0, 0.05) is 31.8 Å². The van der Waals surface area contributed by atoms with Crippen LogP contribution in [-0.2, 0) is 9.47 Å². The molecule has 4 saturated carbocycles. The van der Waals surface area contributed by atoms with Gasteiger partial charge in [-0.25, -0.2) is 0 Å². The van der Waals surface area contributed by atoms with E-state index in [1.54, 1.807) is 0 Å². The van der Waals surface area contributed by atoms with Crippen LogP contribution in [0.5, 0.6) is 0 Å². The molecular weight excluding hydrogens is 566 g/mol. The van der Waals surface area contributed by atoms with Crippen molar-refractivity contribution in [3.05, 3.63) is 0 Å². The molecule has 0 radical (unpaired) electrons. The molecule has 0 aromatic carbocycles. The summed E-state index contributed by atoms with van der Waals surface area (Å²) in [6.45, 7) is 2.62. The van der Waals surface area contributed by atoms with Gasteiger partial charge in [0.1, 0.15) is 0 Å². The minimum Gasteiger partial charge on any atom is -0.350 e. The van der Waals surface area contributed by atoms with Crippen molar-refractivity contribution in [2.24, 2.45) is 29.1 Å². The van der Waals surface area contributed by atoms with Gasteiger partial charge < -0.3 is 9.47 Å². The smallest absolute Gasteiger partial charge is 0.350 e. The highest BCUT2D eigenvalue weighted by Crippen LogP contribution is 2.51. The van der Waals surface area contributed by atoms with Crippen LogP contribution in [0.3, 0.4) is 0 Å². The topological polar surface area (TPSA) is 18.5 Å². The Labute approximate surface area is 256 Å². The van der Waals surface area contributed by atoms with Gasteiger partial charge in [-0.1, -0.05) is 51.4 Å². The van der Waals surface area contributed by atoms with Crippen LogP contribution in [0.4, 0.5) is 26.3 Å². The van der Waals surface area contributed by atoms with E-state index in [0.29, 0.717) is 44.1 Å². The molecule has 0 heterocycles. The molecule has 0 spiro atoms. The monoisotopic (exact) mass is 624 g/mol. The molecule has 0 aromatic heterocycles. The van der Waals surface area contributed by atoms with Crippen LogP contribution in [0.1, 0.15) is 161 Å². The molecule has 4 aliphatic rings. The normalized spacial score (nSPS) is 28.5. The van der Waals surface area contributed by atoms with Crippen molar-refractivity contribution in [3.63, 3.8) is 0 Å². The summed E-state index contributed by atoms with van der Waals surface area (Å²) >= 11 is 0. The largest absolute Gasteiger partial charge is 0.389 e. The molecule has 0 aliphatic heterocycles. The van der Waals surface area contributed by atoms with Gasteiger partial charge >= 0.3 is 12.4 Å². The van der Waals surface area contributed by atoms with Crippen LogP contribution < -0.4 is 0 Å². The third-order valence-electron chi connectivity index (χ3n) is 12.0. The molecule has 8 heteroatoms. The highest BCUT2D eigenvalue weighted by atomic mass is 19.4. The quantitative estimate of drug-likeness (QED) is 0.150. The highest BCUT2D eigenvalue weighted by molar-refractivity contribution is 4.91. The SMILES string of the molecule is CCO[C@](CCC1CCC(CCC(F)(F)F)(CCC(F)(F)F)CC1)(OC1CCC(C2CCCCC2)CC1)C1CCCCC1. The Morgan fingerprint density at radius 2 is 1.12 bits per heavy atom. The summed E-state index contributed by atoms with van der Waals surface area (Å²) in [4.78, 5) is 0. The van der Waals surface area contributed by atoms with Gasteiger partial charge in [0.25, 0.3) is 0 Å². The second kappa shape index (κ2) is 15.9. The molecule has 43 heavy (non-hydrogen) atoms. The fraction of sp³-hybridized carbons (Fsp3) is 1.00. The molecular formula is C35H58F6O2. The number of hydrogen-bond acceptors (Lipinski definition) is 2. The highest BCUT2D eigenvalue weighted by Gasteiger charge is 2.46. The molecule has 4 rings (SSSR count). The summed E-state index contributed by atoms with van der Waals surface area (Å²) in [5.41, 5.74) is -0.866. The first kappa shape index (κ1) is 35.4. The number of rotatable bonds is 13. The van der Waals surface area contributed by atoms with E-state index >= 15 is 0 Å². The molecule has 0 bridgehead atoms. The first-order valence-electron chi connectivity index (χ1n) is 17.9. The van der Waals surface area contributed by atoms with Gasteiger partial charge in [-0.2, -0.15) is 26.3 Å². The van der Waals surface area contributed by atoms with Crippen LogP contribution >= 0.6 is 0 Å². The lowest BCUT2D eigenvalue weighted by molar-refractivity contribution is -0.298. The van der Waals surface area contributed by atoms with E-state index in [1.807, 2.05) is 6.92 Å². The molecule has 4 fully saturated rings. The van der Waals surface area contributed by atoms with E-state index < -0.39 is 36.4 Å². The van der Waals surface area contributed by atoms with Crippen molar-refractivity contribution < 1.29 is 35.8 Å². The zero-order chi connectivity index (χ0) is 31.0. The van der Waals surface area contributed by atoms with E-state index in [4.69, 9.17) is 9.47 Å². The summed E-state index contributed by atoms with van der Waals surface area (Å²) < 4.78 is 92.3. The summed E-state index contributed by atoms with van der Waals surface area (Å²) in [5.74, 6) is 1.72. The summed E-state index contributed by atoms with van der Waals surface area (Å²) in [6, 6.07) is 0. The standard InChI is InChI=1S/C35H58F6O2/c1-2-42-33(30-11-7-4-8-12-30,43-31-15-13-29(14-16-31)28-9-5-3-6-10-28)22-19-27-17-20-32(21-18-27,23-25-34(36,37)38)24-26-35(39,40)41/h27-31H,2-26H2,1H3/t29?,31?,33-/m1/s1. The molecule has 1 atom stereocenters. The maximum Gasteiger partial charge on any atom is 0.389 e. The molecule has 0 unspecified atom stereocenters. The zero-order valence-electron chi connectivity index (χ0n) is 26.6. The minimum atomic E-state index is -4.34. The predicted molar refractivity (Wildman–Crippen MR) is 159 cm³/mol. The van der Waals surface area contributed by atoms with Crippen molar-refractivity contribution in [1.29, 1.82) is 0 Å². The Morgan fingerprint density at radius 1 is 0.605 bits per heavy atom. The lowest BCUT2D eigenvalue weighted by Crippen LogP contribution is -2.48. The van der Waals surface area contributed by atoms with E-state index in [1.165, 1.54) is 64.2 Å². The van der Waals surface area contributed by atoms with Crippen molar-refractivity contribution >= 4 is 0 Å². The number of alkyl halides is 6. The third kappa shape index (κ3) is 11.1. The van der Waals surface area contributed by atoms with Crippen LogP contribution in [0.2, 0.25) is 0 Å². The minimum absolute atomic E-state index is 0.198. The van der Waals surface area contributed by atoms with Gasteiger partial charge in [-0.05, 0) is 114 Å². The Bertz CT molecular complexity index is 765. The van der Waals surface area contributed by atoms with Crippen molar-refractivity contribution in [1.82, 2.24) is 0 Å². The van der Waals surface area contributed by atoms with Crippen LogP contribution in [-0.4, -0.2) is 30.9 Å². The summed E-state index contributed by atoms with van der Waals surface area (Å²) in [5, 5.41) is 0. The fourth-order valence-electron chi connectivity index (χ4n) is 9.36. The maximum absolute atomic E-state index is 13.1. The third-order valence-corrected chi connectivity index (χ3v) is 12.0. The average Bonchev–Trinajstić information content (AvgIpc) is 2.99. The van der Waals surface area contributed by atoms with Gasteiger partial charge in [0.2, 0.25) is 0 Å². The Hall–Kier alpha value is -0.500. The van der Waals surface area contributed by atoms with E-state index in [2.05, 4.69) is 0 Å². The molecule has 2 nitrogen and oxygen atoms in total. The molecule has 4 aliphatic carbocycles. The van der Waals surface area contributed by atoms with E-state index in [9.17, 15) is 26.3 Å². The van der Waals surface area contributed by atoms with E-state index in [0.717, 1.165) is 50.4 Å². The lowest BCUT2D eigenvalue weighted by Gasteiger charge is -2.47. The van der Waals surface area contributed by atoms with Gasteiger partial charge in [-0.15, -0.1) is 0 Å². The lowest BCUT2D eigenvalue weighted by atomic mass is 9.64. The Balaban J connectivity index is 1.37. The fourth-order valence-corrected chi connectivity index (χ4v) is 9.36. The Morgan fingerprint density at radius 3 is 1.63 bits per heavy atom. The molecule has 0 amide bonds. The first-order chi connectivity index (χ1) is 20.4. The first-order valence-corrected chi connectivity index (χ1v) is 17.9. The van der Waals surface area contributed by atoms with Crippen molar-refractivity contribution in [2.45, 2.75) is 185 Å². The van der Waals surface area contributed by atoms with E-state index in [-0.39, 0.29) is 18.9 Å². The molecule has 0 N–H and O–H groups in total. The summed E-state index contributed by atoms with van der Waals surface area (Å²) in [7, 11) is 0. The molecule has 252 valence electrons. The second-order valence-corrected chi connectivity index (χ2v) is 14.8. The second-order valence-electron chi connectivity index (χ2n) is 14.8. The van der Waals surface area contributed by atoms with Crippen LogP contribution in [0, 0.1) is 29.1 Å². The molecule has 0 aromatic rings. The Kier molecular flexibility index (Phi) is 13.0. The average molecular weight is 625 g/mol. The van der Waals surface area contributed by atoms with Crippen molar-refractivity contribution in [3.8, 4) is 0 Å². The summed E-state index contributed by atoms with van der Waals surface area (Å²) in [6.07, 6.45) is 10.4. The van der Waals surface area contributed by atoms with Gasteiger partial charge in [-0.3, -0.25) is 0 Å². The maximum atomic E-state index is 13.1. The predicted octanol–water partition coefficient (Wildman–Crippen LogP) is 12.1.